The molecule has 1 nitrogen and oxygen atoms in total. The van der Waals surface area contributed by atoms with Crippen molar-refractivity contribution in [1.29, 1.82) is 0 Å². The molecule has 0 unspecified atom stereocenters. The quantitative estimate of drug-likeness (QED) is 0.745. The molecule has 0 radical (unpaired) electrons. The van der Waals surface area contributed by atoms with Crippen molar-refractivity contribution in [3.63, 3.8) is 0 Å². The van der Waals surface area contributed by atoms with Gasteiger partial charge in [0, 0.05) is 6.04 Å². The zero-order valence-electron chi connectivity index (χ0n) is 8.80. The summed E-state index contributed by atoms with van der Waals surface area (Å²) < 4.78 is 0. The van der Waals surface area contributed by atoms with Crippen LogP contribution in [0, 0.1) is 6.92 Å². The minimum atomic E-state index is 0.588. The number of benzene rings is 1. The van der Waals surface area contributed by atoms with E-state index < -0.39 is 0 Å². The molecule has 0 saturated carbocycles. The predicted molar refractivity (Wildman–Crippen MR) is 58.0 cm³/mol. The molecule has 1 aromatic rings. The Hall–Kier alpha value is -0.820. The normalized spacial score (nSPS) is 10.8. The Morgan fingerprint density at radius 2 is 1.77 bits per heavy atom. The van der Waals surface area contributed by atoms with Crippen LogP contribution in [-0.4, -0.2) is 12.6 Å². The Labute approximate surface area is 81.2 Å². The molecule has 0 aliphatic heterocycles. The van der Waals surface area contributed by atoms with Crippen LogP contribution in [0.2, 0.25) is 0 Å². The standard InChI is InChI=1S/C12H19N/c1-10(2)13-9-8-12-6-4-11(3)5-7-12/h4-7,10,13H,8-9H2,1-3H3. The lowest BCUT2D eigenvalue weighted by molar-refractivity contribution is 0.590. The van der Waals surface area contributed by atoms with Gasteiger partial charge in [-0.3, -0.25) is 0 Å². The van der Waals surface area contributed by atoms with Crippen LogP contribution >= 0.6 is 0 Å². The predicted octanol–water partition coefficient (Wildman–Crippen LogP) is 2.54. The van der Waals surface area contributed by atoms with Crippen LogP contribution < -0.4 is 5.32 Å². The second kappa shape index (κ2) is 5.03. The van der Waals surface area contributed by atoms with Crippen molar-refractivity contribution in [2.24, 2.45) is 0 Å². The van der Waals surface area contributed by atoms with Crippen molar-refractivity contribution >= 4 is 0 Å². The fourth-order valence-corrected chi connectivity index (χ4v) is 1.26. The molecule has 0 aliphatic carbocycles. The van der Waals surface area contributed by atoms with Gasteiger partial charge in [-0.25, -0.2) is 0 Å². The first kappa shape index (κ1) is 10.3. The first-order valence-corrected chi connectivity index (χ1v) is 4.97. The van der Waals surface area contributed by atoms with Gasteiger partial charge in [0.2, 0.25) is 0 Å². The van der Waals surface area contributed by atoms with Crippen LogP contribution in [0.15, 0.2) is 24.3 Å². The highest BCUT2D eigenvalue weighted by molar-refractivity contribution is 5.21. The van der Waals surface area contributed by atoms with Gasteiger partial charge in [-0.15, -0.1) is 0 Å². The number of rotatable bonds is 4. The first-order chi connectivity index (χ1) is 6.18. The Kier molecular flexibility index (Phi) is 3.97. The molecule has 0 amide bonds. The van der Waals surface area contributed by atoms with Gasteiger partial charge in [0.1, 0.15) is 0 Å². The maximum atomic E-state index is 3.41. The number of hydrogen-bond donors (Lipinski definition) is 1. The SMILES string of the molecule is Cc1ccc(CCNC(C)C)cc1. The third kappa shape index (κ3) is 4.09. The lowest BCUT2D eigenvalue weighted by Crippen LogP contribution is -2.24. The van der Waals surface area contributed by atoms with Gasteiger partial charge in [0.25, 0.3) is 0 Å². The molecule has 1 aromatic carbocycles. The summed E-state index contributed by atoms with van der Waals surface area (Å²) in [5.74, 6) is 0. The van der Waals surface area contributed by atoms with Crippen molar-refractivity contribution < 1.29 is 0 Å². The van der Waals surface area contributed by atoms with Crippen LogP contribution in [0.5, 0.6) is 0 Å². The molecule has 0 aromatic heterocycles. The molecule has 0 saturated heterocycles. The van der Waals surface area contributed by atoms with Crippen molar-refractivity contribution in [2.45, 2.75) is 33.2 Å². The van der Waals surface area contributed by atoms with E-state index in [1.165, 1.54) is 11.1 Å². The van der Waals surface area contributed by atoms with Gasteiger partial charge >= 0.3 is 0 Å². The number of hydrogen-bond acceptors (Lipinski definition) is 1. The van der Waals surface area contributed by atoms with Gasteiger partial charge in [0.05, 0.1) is 0 Å². The zero-order chi connectivity index (χ0) is 9.68. The summed E-state index contributed by atoms with van der Waals surface area (Å²) in [7, 11) is 0. The number of aryl methyl sites for hydroxylation is 1. The summed E-state index contributed by atoms with van der Waals surface area (Å²) >= 11 is 0. The Morgan fingerprint density at radius 1 is 1.15 bits per heavy atom. The highest BCUT2D eigenvalue weighted by Crippen LogP contribution is 2.03. The van der Waals surface area contributed by atoms with E-state index in [4.69, 9.17) is 0 Å². The second-order valence-electron chi connectivity index (χ2n) is 3.84. The van der Waals surface area contributed by atoms with Gasteiger partial charge in [-0.1, -0.05) is 43.7 Å². The zero-order valence-corrected chi connectivity index (χ0v) is 8.80. The van der Waals surface area contributed by atoms with E-state index in [9.17, 15) is 0 Å². The summed E-state index contributed by atoms with van der Waals surface area (Å²) in [4.78, 5) is 0. The van der Waals surface area contributed by atoms with E-state index in [1.54, 1.807) is 0 Å². The van der Waals surface area contributed by atoms with E-state index in [-0.39, 0.29) is 0 Å². The lowest BCUT2D eigenvalue weighted by atomic mass is 10.1. The molecule has 1 N–H and O–H groups in total. The minimum absolute atomic E-state index is 0.588. The first-order valence-electron chi connectivity index (χ1n) is 4.97. The van der Waals surface area contributed by atoms with Gasteiger partial charge in [0.15, 0.2) is 0 Å². The summed E-state index contributed by atoms with van der Waals surface area (Å²) in [5, 5.41) is 3.41. The number of nitrogens with one attached hydrogen (secondary N) is 1. The van der Waals surface area contributed by atoms with Gasteiger partial charge < -0.3 is 5.32 Å². The average Bonchev–Trinajstić information content (AvgIpc) is 2.08. The van der Waals surface area contributed by atoms with E-state index in [1.807, 2.05) is 0 Å². The summed E-state index contributed by atoms with van der Waals surface area (Å²) in [6.45, 7) is 7.54. The molecule has 0 spiro atoms. The largest absolute Gasteiger partial charge is 0.314 e. The molecule has 0 aliphatic rings. The van der Waals surface area contributed by atoms with E-state index in [0.29, 0.717) is 6.04 Å². The topological polar surface area (TPSA) is 12.0 Å². The van der Waals surface area contributed by atoms with Crippen LogP contribution in [-0.2, 0) is 6.42 Å². The Morgan fingerprint density at radius 3 is 2.31 bits per heavy atom. The molecule has 0 fully saturated rings. The molecule has 13 heavy (non-hydrogen) atoms. The summed E-state index contributed by atoms with van der Waals surface area (Å²) in [5.41, 5.74) is 2.75. The van der Waals surface area contributed by atoms with Crippen LogP contribution in [0.1, 0.15) is 25.0 Å². The highest BCUT2D eigenvalue weighted by Gasteiger charge is 1.94. The fraction of sp³-hybridized carbons (Fsp3) is 0.500. The molecule has 0 atom stereocenters. The van der Waals surface area contributed by atoms with Crippen molar-refractivity contribution in [3.05, 3.63) is 35.4 Å². The van der Waals surface area contributed by atoms with Gasteiger partial charge in [-0.05, 0) is 25.5 Å². The van der Waals surface area contributed by atoms with Crippen LogP contribution in [0.25, 0.3) is 0 Å². The fourth-order valence-electron chi connectivity index (χ4n) is 1.26. The molecule has 1 rings (SSSR count). The van der Waals surface area contributed by atoms with Crippen molar-refractivity contribution in [3.8, 4) is 0 Å². The van der Waals surface area contributed by atoms with Crippen LogP contribution in [0.3, 0.4) is 0 Å². The molecular weight excluding hydrogens is 158 g/mol. The van der Waals surface area contributed by atoms with Crippen molar-refractivity contribution in [2.75, 3.05) is 6.54 Å². The van der Waals surface area contributed by atoms with E-state index >= 15 is 0 Å². The average molecular weight is 177 g/mol. The summed E-state index contributed by atoms with van der Waals surface area (Å²) in [6.07, 6.45) is 1.12. The lowest BCUT2D eigenvalue weighted by Gasteiger charge is -2.07. The Balaban J connectivity index is 2.33. The van der Waals surface area contributed by atoms with Gasteiger partial charge in [-0.2, -0.15) is 0 Å². The molecule has 72 valence electrons. The monoisotopic (exact) mass is 177 g/mol. The third-order valence-electron chi connectivity index (χ3n) is 2.09. The van der Waals surface area contributed by atoms with E-state index in [0.717, 1.165) is 13.0 Å². The van der Waals surface area contributed by atoms with Crippen molar-refractivity contribution in [1.82, 2.24) is 5.32 Å². The minimum Gasteiger partial charge on any atom is -0.314 e. The third-order valence-corrected chi connectivity index (χ3v) is 2.09. The molecular formula is C12H19N. The molecule has 0 bridgehead atoms. The molecule has 1 heteroatoms. The van der Waals surface area contributed by atoms with Crippen LogP contribution in [0.4, 0.5) is 0 Å². The smallest absolute Gasteiger partial charge is 0.00105 e. The maximum absolute atomic E-state index is 3.41. The van der Waals surface area contributed by atoms with E-state index in [2.05, 4.69) is 50.4 Å². The second-order valence-corrected chi connectivity index (χ2v) is 3.84. The maximum Gasteiger partial charge on any atom is 0.00105 e. The molecule has 0 heterocycles. The highest BCUT2D eigenvalue weighted by atomic mass is 14.9. The Bertz CT molecular complexity index is 236. The summed E-state index contributed by atoms with van der Waals surface area (Å²) in [6, 6.07) is 9.34.